The molecule has 54 heavy (non-hydrogen) atoms. The van der Waals surface area contributed by atoms with Gasteiger partial charge in [-0.25, -0.2) is 4.98 Å². The molecule has 0 bridgehead atoms. The maximum atomic E-state index is 14.3. The molecule has 302 valence electrons. The van der Waals surface area contributed by atoms with Gasteiger partial charge in [-0.1, -0.05) is 85.2 Å². The monoisotopic (exact) mass is 770 g/mol. The van der Waals surface area contributed by atoms with Gasteiger partial charge in [0.2, 0.25) is 23.6 Å². The van der Waals surface area contributed by atoms with Gasteiger partial charge in [-0.2, -0.15) is 0 Å². The molecule has 1 saturated heterocycles. The Morgan fingerprint density at radius 2 is 1.63 bits per heavy atom. The van der Waals surface area contributed by atoms with Crippen LogP contribution in [0, 0.1) is 23.7 Å². The van der Waals surface area contributed by atoms with Crippen molar-refractivity contribution in [3.05, 3.63) is 52.5 Å². The van der Waals surface area contributed by atoms with E-state index < -0.39 is 36.3 Å². The summed E-state index contributed by atoms with van der Waals surface area (Å²) in [5.41, 5.74) is 1.09. The molecule has 1 unspecified atom stereocenters. The van der Waals surface area contributed by atoms with Crippen molar-refractivity contribution in [2.75, 3.05) is 34.9 Å². The topological polar surface area (TPSA) is 142 Å². The van der Waals surface area contributed by atoms with Gasteiger partial charge in [0, 0.05) is 39.4 Å². The molecule has 12 nitrogen and oxygen atoms in total. The predicted molar refractivity (Wildman–Crippen MR) is 214 cm³/mol. The highest BCUT2D eigenvalue weighted by Gasteiger charge is 2.43. The molecule has 0 saturated carbocycles. The number of amides is 4. The minimum Gasteiger partial charge on any atom is -0.379 e. The number of nitrogens with one attached hydrogen (secondary N) is 3. The van der Waals surface area contributed by atoms with Gasteiger partial charge in [-0.15, -0.1) is 11.3 Å². The highest BCUT2D eigenvalue weighted by Crippen LogP contribution is 2.30. The van der Waals surface area contributed by atoms with Gasteiger partial charge in [0.15, 0.2) is 0 Å². The van der Waals surface area contributed by atoms with Crippen molar-refractivity contribution >= 4 is 35.0 Å². The number of carbonyl (C=O) groups is 4. The van der Waals surface area contributed by atoms with Crippen LogP contribution >= 0.6 is 11.3 Å². The Kier molecular flexibility index (Phi) is 18.0. The fraction of sp³-hybridized carbons (Fsp3) is 0.683. The second-order valence-electron chi connectivity index (χ2n) is 15.5. The van der Waals surface area contributed by atoms with E-state index >= 15 is 0 Å². The molecule has 0 radical (unpaired) electrons. The van der Waals surface area contributed by atoms with E-state index in [2.05, 4.69) is 34.8 Å². The van der Waals surface area contributed by atoms with Gasteiger partial charge in [0.25, 0.3) is 0 Å². The van der Waals surface area contributed by atoms with E-state index in [4.69, 9.17) is 9.47 Å². The molecule has 0 spiro atoms. The molecule has 1 aromatic heterocycles. The number of ether oxygens (including phenoxy) is 2. The fourth-order valence-corrected chi connectivity index (χ4v) is 8.50. The predicted octanol–water partition coefficient (Wildman–Crippen LogP) is 4.85. The third-order valence-corrected chi connectivity index (χ3v) is 12.0. The zero-order valence-corrected chi connectivity index (χ0v) is 35.2. The summed E-state index contributed by atoms with van der Waals surface area (Å²) in [6, 6.07) is 7.77. The normalized spacial score (nSPS) is 19.1. The molecule has 1 aliphatic heterocycles. The largest absolute Gasteiger partial charge is 0.379 e. The summed E-state index contributed by atoms with van der Waals surface area (Å²) in [5.74, 6) is -1.41. The molecule has 1 aromatic carbocycles. The number of carbonyl (C=O) groups excluding carboxylic acids is 4. The van der Waals surface area contributed by atoms with Crippen molar-refractivity contribution in [3.63, 3.8) is 0 Å². The Morgan fingerprint density at radius 3 is 2.17 bits per heavy atom. The van der Waals surface area contributed by atoms with E-state index in [1.807, 2.05) is 75.2 Å². The Labute approximate surface area is 327 Å². The molecule has 9 atom stereocenters. The molecule has 0 aliphatic carbocycles. The Bertz CT molecular complexity index is 1460. The van der Waals surface area contributed by atoms with Crippen molar-refractivity contribution in [3.8, 4) is 0 Å². The Balaban J connectivity index is 1.78. The second kappa shape index (κ2) is 21.6. The number of benzene rings is 1. The van der Waals surface area contributed by atoms with E-state index in [-0.39, 0.29) is 59.9 Å². The number of hydrogen-bond donors (Lipinski definition) is 3. The molecular weight excluding hydrogens is 705 g/mol. The molecule has 4 amide bonds. The molecule has 1 fully saturated rings. The van der Waals surface area contributed by atoms with Crippen LogP contribution in [0.5, 0.6) is 0 Å². The van der Waals surface area contributed by atoms with Crippen LogP contribution in [0.1, 0.15) is 90.8 Å². The van der Waals surface area contributed by atoms with Crippen LogP contribution in [0.15, 0.2) is 41.9 Å². The zero-order chi connectivity index (χ0) is 40.1. The average molecular weight is 771 g/mol. The maximum Gasteiger partial charge on any atom is 0.245 e. The number of hydrogen-bond acceptors (Lipinski definition) is 9. The van der Waals surface area contributed by atoms with Gasteiger partial charge in [0.05, 0.1) is 48.7 Å². The highest BCUT2D eigenvalue weighted by molar-refractivity contribution is 7.09. The Morgan fingerprint density at radius 1 is 0.963 bits per heavy atom. The lowest BCUT2D eigenvalue weighted by molar-refractivity contribution is -0.147. The first kappa shape index (κ1) is 45.0. The number of likely N-dealkylation sites (N-methyl/N-ethyl adjacent to an activating group) is 2. The number of likely N-dealkylation sites (tertiary alicyclic amines) is 1. The SMILES string of the molecule is CCC(C)[C@@H]([C@@H](CC(=O)N1CCC[C@H]1[C@H](OC)[C@@H](C)C(=O)N[C@@H](Cc1ccccc1)c1nccs1)OC)N(C)C(=O)[C@@H](NC(=O)[C@@H](NC)C(C)C)C(C)C. The summed E-state index contributed by atoms with van der Waals surface area (Å²) in [6.45, 7) is 14.3. The van der Waals surface area contributed by atoms with E-state index in [0.29, 0.717) is 19.4 Å². The number of rotatable bonds is 21. The van der Waals surface area contributed by atoms with Gasteiger partial charge in [-0.05, 0) is 49.6 Å². The fourth-order valence-electron chi connectivity index (χ4n) is 7.81. The molecule has 3 N–H and O–H groups in total. The third-order valence-electron chi connectivity index (χ3n) is 11.1. The first-order valence-electron chi connectivity index (χ1n) is 19.5. The van der Waals surface area contributed by atoms with E-state index in [1.165, 1.54) is 11.3 Å². The minimum atomic E-state index is -0.752. The van der Waals surface area contributed by atoms with Crippen LogP contribution < -0.4 is 16.0 Å². The first-order chi connectivity index (χ1) is 25.7. The van der Waals surface area contributed by atoms with Crippen molar-refractivity contribution in [2.45, 2.75) is 123 Å². The van der Waals surface area contributed by atoms with Gasteiger partial charge in [-0.3, -0.25) is 19.2 Å². The quantitative estimate of drug-likeness (QED) is 0.164. The Hall–Kier alpha value is -3.39. The van der Waals surface area contributed by atoms with E-state index in [9.17, 15) is 19.2 Å². The van der Waals surface area contributed by atoms with E-state index in [1.54, 1.807) is 39.4 Å². The molecule has 2 heterocycles. The van der Waals surface area contributed by atoms with Crippen molar-refractivity contribution < 1.29 is 28.7 Å². The lowest BCUT2D eigenvalue weighted by atomic mass is 9.89. The summed E-state index contributed by atoms with van der Waals surface area (Å²) in [7, 11) is 6.65. The third kappa shape index (κ3) is 11.6. The minimum absolute atomic E-state index is 0.00702. The molecule has 1 aliphatic rings. The molecule has 13 heteroatoms. The zero-order valence-electron chi connectivity index (χ0n) is 34.3. The summed E-state index contributed by atoms with van der Waals surface area (Å²) >= 11 is 1.51. The van der Waals surface area contributed by atoms with Gasteiger partial charge < -0.3 is 35.2 Å². The van der Waals surface area contributed by atoms with Gasteiger partial charge in [0.1, 0.15) is 11.0 Å². The van der Waals surface area contributed by atoms with Crippen molar-refractivity contribution in [2.24, 2.45) is 23.7 Å². The average Bonchev–Trinajstić information content (AvgIpc) is 3.87. The molecule has 3 rings (SSSR count). The van der Waals surface area contributed by atoms with Gasteiger partial charge >= 0.3 is 0 Å². The lowest BCUT2D eigenvalue weighted by Gasteiger charge is -2.41. The number of nitrogens with zero attached hydrogens (tertiary/aromatic N) is 3. The summed E-state index contributed by atoms with van der Waals surface area (Å²) in [5, 5.41) is 12.0. The van der Waals surface area contributed by atoms with Crippen LogP contribution in [0.25, 0.3) is 0 Å². The summed E-state index contributed by atoms with van der Waals surface area (Å²) in [6.07, 6.45) is 3.48. The van der Waals surface area contributed by atoms with Crippen molar-refractivity contribution in [1.29, 1.82) is 0 Å². The number of thiazole rings is 1. The van der Waals surface area contributed by atoms with E-state index in [0.717, 1.165) is 23.4 Å². The first-order valence-corrected chi connectivity index (χ1v) is 20.4. The van der Waals surface area contributed by atoms with Crippen LogP contribution in [0.2, 0.25) is 0 Å². The molecular formula is C41H66N6O6S. The number of aromatic nitrogens is 1. The van der Waals surface area contributed by atoms with Crippen LogP contribution in [0.3, 0.4) is 0 Å². The number of methoxy groups -OCH3 is 2. The van der Waals surface area contributed by atoms with Crippen LogP contribution in [0.4, 0.5) is 0 Å². The second-order valence-corrected chi connectivity index (χ2v) is 16.4. The smallest absolute Gasteiger partial charge is 0.245 e. The van der Waals surface area contributed by atoms with Crippen LogP contribution in [-0.2, 0) is 35.1 Å². The summed E-state index contributed by atoms with van der Waals surface area (Å²) < 4.78 is 12.1. The maximum absolute atomic E-state index is 14.3. The summed E-state index contributed by atoms with van der Waals surface area (Å²) in [4.78, 5) is 63.6. The molecule has 2 aromatic rings. The standard InChI is InChI=1S/C41H66N6O6S/c1-12-27(6)36(46(9)41(51)35(26(4)5)45-39(50)34(42-8)25(2)3)32(52-10)24-33(48)47-21-16-19-31(47)37(53-11)28(7)38(49)44-30(40-43-20-22-54-40)23-29-17-14-13-15-18-29/h13-15,17-18,20,22,25-28,30-32,34-37,42H,12,16,19,21,23-24H2,1-11H3,(H,44,49)(H,45,50)/t27?,28-,30+,31+,32-,34+,35+,36+,37-/m1/s1. The van der Waals surface area contributed by atoms with Crippen LogP contribution in [-0.4, -0.2) is 110 Å². The van der Waals surface area contributed by atoms with Crippen molar-refractivity contribution in [1.82, 2.24) is 30.7 Å². The highest BCUT2D eigenvalue weighted by atomic mass is 32.1. The lowest BCUT2D eigenvalue weighted by Crippen LogP contribution is -2.59.